The summed E-state index contributed by atoms with van der Waals surface area (Å²) in [4.78, 5) is 13.5. The van der Waals surface area contributed by atoms with Gasteiger partial charge in [-0.1, -0.05) is 12.1 Å². The van der Waals surface area contributed by atoms with Crippen molar-refractivity contribution in [3.63, 3.8) is 0 Å². The highest BCUT2D eigenvalue weighted by atomic mass is 16.5. The Morgan fingerprint density at radius 2 is 1.94 bits per heavy atom. The van der Waals surface area contributed by atoms with Crippen molar-refractivity contribution >= 4 is 27.8 Å². The van der Waals surface area contributed by atoms with Crippen molar-refractivity contribution in [2.24, 2.45) is 0 Å². The summed E-state index contributed by atoms with van der Waals surface area (Å²) in [7, 11) is 1.65. The predicted molar refractivity (Wildman–Crippen MR) is 120 cm³/mol. The molecule has 31 heavy (non-hydrogen) atoms. The number of methoxy groups -OCH3 is 1. The quantitative estimate of drug-likeness (QED) is 0.420. The van der Waals surface area contributed by atoms with Gasteiger partial charge in [-0.15, -0.1) is 0 Å². The number of anilines is 1. The van der Waals surface area contributed by atoms with E-state index in [1.54, 1.807) is 33.4 Å². The van der Waals surface area contributed by atoms with Gasteiger partial charge in [0, 0.05) is 36.9 Å². The number of hydrogen-bond acceptors (Lipinski definition) is 7. The molecule has 8 heteroatoms. The number of nitrogens with zero attached hydrogens (tertiary/aromatic N) is 4. The number of nitrogens with two attached hydrogens (primary N) is 1. The summed E-state index contributed by atoms with van der Waals surface area (Å²) in [5.41, 5.74) is 10.1. The molecule has 0 radical (unpaired) electrons. The lowest BCUT2D eigenvalue weighted by atomic mass is 10.0. The second kappa shape index (κ2) is 8.22. The number of imidazole rings is 1. The van der Waals surface area contributed by atoms with Gasteiger partial charge in [-0.3, -0.25) is 4.98 Å². The van der Waals surface area contributed by atoms with Crippen molar-refractivity contribution in [3.8, 4) is 11.1 Å². The van der Waals surface area contributed by atoms with Gasteiger partial charge in [-0.05, 0) is 37.1 Å². The summed E-state index contributed by atoms with van der Waals surface area (Å²) < 4.78 is 7.26. The van der Waals surface area contributed by atoms with E-state index < -0.39 is 5.60 Å². The first-order chi connectivity index (χ1) is 14.8. The lowest BCUT2D eigenvalue weighted by Crippen LogP contribution is -2.27. The maximum atomic E-state index is 10.5. The van der Waals surface area contributed by atoms with Crippen LogP contribution in [0.4, 0.5) is 5.82 Å². The van der Waals surface area contributed by atoms with Crippen LogP contribution >= 0.6 is 0 Å². The molecule has 3 heterocycles. The highest BCUT2D eigenvalue weighted by Crippen LogP contribution is 2.32. The fourth-order valence-corrected chi connectivity index (χ4v) is 3.81. The lowest BCUT2D eigenvalue weighted by Gasteiger charge is -2.20. The van der Waals surface area contributed by atoms with E-state index in [9.17, 15) is 10.2 Å². The van der Waals surface area contributed by atoms with Crippen molar-refractivity contribution in [2.75, 3.05) is 19.5 Å². The Hall–Kier alpha value is -3.07. The van der Waals surface area contributed by atoms with E-state index in [1.165, 1.54) is 0 Å². The third-order valence-corrected chi connectivity index (χ3v) is 5.17. The van der Waals surface area contributed by atoms with Gasteiger partial charge in [0.2, 0.25) is 0 Å². The molecule has 0 saturated carbocycles. The molecule has 0 spiro atoms. The number of pyridine rings is 2. The normalized spacial score (nSPS) is 12.2. The number of aromatic nitrogens is 4. The molecule has 0 aliphatic heterocycles. The van der Waals surface area contributed by atoms with Crippen molar-refractivity contribution in [3.05, 3.63) is 48.0 Å². The lowest BCUT2D eigenvalue weighted by molar-refractivity contribution is 0.0615. The molecule has 4 rings (SSSR count). The molecule has 0 aliphatic carbocycles. The molecule has 4 N–H and O–H groups in total. The highest BCUT2D eigenvalue weighted by Gasteiger charge is 2.22. The van der Waals surface area contributed by atoms with Gasteiger partial charge in [-0.2, -0.15) is 0 Å². The van der Waals surface area contributed by atoms with Crippen molar-refractivity contribution in [1.29, 1.82) is 0 Å². The summed E-state index contributed by atoms with van der Waals surface area (Å²) in [5.74, 6) is 1.14. The van der Waals surface area contributed by atoms with Crippen LogP contribution in [0.25, 0.3) is 33.1 Å². The van der Waals surface area contributed by atoms with E-state index in [1.807, 2.05) is 28.8 Å². The monoisotopic (exact) mass is 421 g/mol. The number of aliphatic hydroxyl groups is 2. The molecule has 162 valence electrons. The molecular weight excluding hydrogens is 394 g/mol. The SMILES string of the molecule is COCCc1nc2c(N)nc3cc(-c4cncc(CO)c4)ccc3c2n1CC(C)(C)O. The minimum Gasteiger partial charge on any atom is -0.392 e. The molecular formula is C23H27N5O3. The molecule has 0 atom stereocenters. The second-order valence-corrected chi connectivity index (χ2v) is 8.34. The van der Waals surface area contributed by atoms with Crippen LogP contribution in [0.5, 0.6) is 0 Å². The van der Waals surface area contributed by atoms with Gasteiger partial charge in [0.25, 0.3) is 0 Å². The Morgan fingerprint density at radius 1 is 1.13 bits per heavy atom. The summed E-state index contributed by atoms with van der Waals surface area (Å²) in [6, 6.07) is 7.85. The Morgan fingerprint density at radius 3 is 2.65 bits per heavy atom. The Labute approximate surface area is 180 Å². The fourth-order valence-electron chi connectivity index (χ4n) is 3.81. The van der Waals surface area contributed by atoms with E-state index in [2.05, 4.69) is 9.97 Å². The van der Waals surface area contributed by atoms with Gasteiger partial charge < -0.3 is 25.3 Å². The first-order valence-electron chi connectivity index (χ1n) is 10.2. The number of aliphatic hydroxyl groups excluding tert-OH is 1. The molecule has 8 nitrogen and oxygen atoms in total. The Bertz CT molecular complexity index is 1240. The van der Waals surface area contributed by atoms with Crippen LogP contribution in [0.15, 0.2) is 36.7 Å². The third-order valence-electron chi connectivity index (χ3n) is 5.17. The van der Waals surface area contributed by atoms with E-state index in [-0.39, 0.29) is 6.61 Å². The largest absolute Gasteiger partial charge is 0.392 e. The maximum Gasteiger partial charge on any atom is 0.152 e. The predicted octanol–water partition coefficient (Wildman–Crippen LogP) is 2.68. The van der Waals surface area contributed by atoms with Crippen LogP contribution in [0.3, 0.4) is 0 Å². The van der Waals surface area contributed by atoms with Gasteiger partial charge in [0.1, 0.15) is 11.3 Å². The van der Waals surface area contributed by atoms with E-state index in [0.717, 1.165) is 38.9 Å². The van der Waals surface area contributed by atoms with Crippen LogP contribution in [-0.4, -0.2) is 49.0 Å². The molecule has 0 fully saturated rings. The van der Waals surface area contributed by atoms with E-state index in [4.69, 9.17) is 15.5 Å². The zero-order chi connectivity index (χ0) is 22.2. The standard InChI is InChI=1S/C23H27N5O3/c1-23(2,30)13-28-19(6-7-31-3)27-20-21(28)17-5-4-15(9-18(17)26-22(20)24)16-8-14(12-29)10-25-11-16/h4-5,8-11,29-30H,6-7,12-13H2,1-3H3,(H2,24,26). The zero-order valence-electron chi connectivity index (χ0n) is 18.0. The minimum absolute atomic E-state index is 0.0688. The van der Waals surface area contributed by atoms with Crippen LogP contribution < -0.4 is 5.73 Å². The Kier molecular flexibility index (Phi) is 5.62. The molecule has 1 aromatic carbocycles. The Balaban J connectivity index is 1.94. The van der Waals surface area contributed by atoms with Crippen LogP contribution in [-0.2, 0) is 24.3 Å². The second-order valence-electron chi connectivity index (χ2n) is 8.34. The number of fused-ring (bicyclic) bond motifs is 3. The molecule has 0 amide bonds. The first-order valence-corrected chi connectivity index (χ1v) is 10.2. The zero-order valence-corrected chi connectivity index (χ0v) is 18.0. The fraction of sp³-hybridized carbons (Fsp3) is 0.348. The molecule has 3 aromatic heterocycles. The number of ether oxygens (including phenoxy) is 1. The molecule has 0 unspecified atom stereocenters. The average molecular weight is 422 g/mol. The number of benzene rings is 1. The highest BCUT2D eigenvalue weighted by molar-refractivity contribution is 6.07. The summed E-state index contributed by atoms with van der Waals surface area (Å²) in [6.45, 7) is 4.35. The van der Waals surface area contributed by atoms with Gasteiger partial charge in [0.15, 0.2) is 5.82 Å². The maximum absolute atomic E-state index is 10.5. The van der Waals surface area contributed by atoms with Crippen molar-refractivity contribution in [2.45, 2.75) is 39.0 Å². The third kappa shape index (κ3) is 4.23. The molecule has 4 aromatic rings. The van der Waals surface area contributed by atoms with Gasteiger partial charge in [0.05, 0.1) is 36.4 Å². The van der Waals surface area contributed by atoms with E-state index >= 15 is 0 Å². The first kappa shape index (κ1) is 21.2. The molecule has 0 bridgehead atoms. The number of rotatable bonds is 7. The van der Waals surface area contributed by atoms with Crippen LogP contribution in [0.1, 0.15) is 25.2 Å². The minimum atomic E-state index is -0.934. The average Bonchev–Trinajstić information content (AvgIpc) is 3.09. The number of hydrogen-bond donors (Lipinski definition) is 3. The van der Waals surface area contributed by atoms with Crippen LogP contribution in [0, 0.1) is 0 Å². The summed E-state index contributed by atoms with van der Waals surface area (Å²) in [6.07, 6.45) is 3.99. The van der Waals surface area contributed by atoms with Gasteiger partial charge >= 0.3 is 0 Å². The van der Waals surface area contributed by atoms with Gasteiger partial charge in [-0.25, -0.2) is 9.97 Å². The van der Waals surface area contributed by atoms with Crippen LogP contribution in [0.2, 0.25) is 0 Å². The summed E-state index contributed by atoms with van der Waals surface area (Å²) in [5, 5.41) is 20.8. The smallest absolute Gasteiger partial charge is 0.152 e. The van der Waals surface area contributed by atoms with Crippen molar-refractivity contribution < 1.29 is 14.9 Å². The summed E-state index contributed by atoms with van der Waals surface area (Å²) >= 11 is 0. The topological polar surface area (TPSA) is 119 Å². The molecule has 0 aliphatic rings. The van der Waals surface area contributed by atoms with Crippen molar-refractivity contribution in [1.82, 2.24) is 19.5 Å². The number of nitrogen functional groups attached to an aromatic ring is 1. The van der Waals surface area contributed by atoms with E-state index in [0.29, 0.717) is 30.9 Å². The molecule has 0 saturated heterocycles.